The summed E-state index contributed by atoms with van der Waals surface area (Å²) in [6.45, 7) is 4.52. The number of carboxylic acid groups (broad SMARTS) is 1. The van der Waals surface area contributed by atoms with E-state index in [2.05, 4.69) is 25.9 Å². The second-order valence-corrected chi connectivity index (χ2v) is 11.1. The number of nitrogens with two attached hydrogens (primary N) is 4. The Morgan fingerprint density at radius 2 is 1.56 bits per heavy atom. The highest BCUT2D eigenvalue weighted by molar-refractivity contribution is 5.94. The van der Waals surface area contributed by atoms with Gasteiger partial charge in [-0.1, -0.05) is 32.0 Å². The molecule has 14 nitrogen and oxygen atoms in total. The summed E-state index contributed by atoms with van der Waals surface area (Å²) in [5.74, 6) is -2.96. The first kappa shape index (κ1) is 35.0. The van der Waals surface area contributed by atoms with Gasteiger partial charge in [0.15, 0.2) is 5.96 Å². The molecule has 2 aromatic rings. The number of carbonyl (C=O) groups excluding carboxylic acids is 3. The Bertz CT molecular complexity index is 1240. The summed E-state index contributed by atoms with van der Waals surface area (Å²) in [5.41, 5.74) is 23.9. The van der Waals surface area contributed by atoms with Crippen molar-refractivity contribution in [2.75, 3.05) is 13.1 Å². The molecule has 3 amide bonds. The third kappa shape index (κ3) is 11.9. The molecule has 1 heterocycles. The quantitative estimate of drug-likeness (QED) is 0.0586. The van der Waals surface area contributed by atoms with E-state index >= 15 is 0 Å². The number of aliphatic carboxylic acids is 1. The molecular weight excluding hydrogens is 554 g/mol. The average molecular weight is 602 g/mol. The molecule has 1 aromatic heterocycles. The van der Waals surface area contributed by atoms with Gasteiger partial charge in [-0.05, 0) is 62.6 Å². The van der Waals surface area contributed by atoms with Gasteiger partial charge in [0.1, 0.15) is 18.1 Å². The first-order valence-electron chi connectivity index (χ1n) is 14.6. The number of guanidine groups is 1. The fourth-order valence-electron chi connectivity index (χ4n) is 4.66. The van der Waals surface area contributed by atoms with E-state index in [4.69, 9.17) is 22.9 Å². The maximum Gasteiger partial charge on any atom is 0.326 e. The molecule has 4 unspecified atom stereocenters. The van der Waals surface area contributed by atoms with Crippen molar-refractivity contribution in [2.24, 2.45) is 33.8 Å². The number of benzene rings is 1. The van der Waals surface area contributed by atoms with Crippen LogP contribution in [-0.2, 0) is 25.6 Å². The van der Waals surface area contributed by atoms with Crippen molar-refractivity contribution in [3.63, 3.8) is 0 Å². The van der Waals surface area contributed by atoms with Crippen LogP contribution in [0.2, 0.25) is 0 Å². The zero-order valence-corrected chi connectivity index (χ0v) is 25.0. The first-order chi connectivity index (χ1) is 20.4. The molecule has 0 aliphatic rings. The number of nitrogens with one attached hydrogen (secondary N) is 4. The van der Waals surface area contributed by atoms with E-state index in [0.29, 0.717) is 38.8 Å². The maximum absolute atomic E-state index is 13.6. The minimum Gasteiger partial charge on any atom is -0.480 e. The molecule has 4 atom stereocenters. The monoisotopic (exact) mass is 601 g/mol. The summed E-state index contributed by atoms with van der Waals surface area (Å²) in [6.07, 6.45) is 4.21. The highest BCUT2D eigenvalue weighted by Gasteiger charge is 2.31. The Kier molecular flexibility index (Phi) is 14.4. The summed E-state index contributed by atoms with van der Waals surface area (Å²) < 4.78 is 0. The smallest absolute Gasteiger partial charge is 0.326 e. The molecule has 0 fully saturated rings. The van der Waals surface area contributed by atoms with E-state index in [1.54, 1.807) is 6.20 Å². The number of carboxylic acids is 1. The van der Waals surface area contributed by atoms with Crippen LogP contribution in [0.25, 0.3) is 10.9 Å². The van der Waals surface area contributed by atoms with Crippen molar-refractivity contribution in [1.29, 1.82) is 0 Å². The Morgan fingerprint density at radius 3 is 2.21 bits per heavy atom. The van der Waals surface area contributed by atoms with E-state index in [9.17, 15) is 24.3 Å². The molecule has 13 N–H and O–H groups in total. The number of carbonyl (C=O) groups is 4. The van der Waals surface area contributed by atoms with Gasteiger partial charge in [0, 0.05) is 30.1 Å². The number of fused-ring (bicyclic) bond motifs is 1. The van der Waals surface area contributed by atoms with E-state index in [1.807, 2.05) is 38.1 Å². The fraction of sp³-hybridized carbons (Fsp3) is 0.552. The van der Waals surface area contributed by atoms with Crippen LogP contribution in [0, 0.1) is 5.92 Å². The third-order valence-corrected chi connectivity index (χ3v) is 6.94. The predicted octanol–water partition coefficient (Wildman–Crippen LogP) is -0.195. The minimum atomic E-state index is -1.18. The summed E-state index contributed by atoms with van der Waals surface area (Å²) in [5, 5.41) is 18.6. The van der Waals surface area contributed by atoms with Crippen molar-refractivity contribution < 1.29 is 24.3 Å². The van der Waals surface area contributed by atoms with Gasteiger partial charge in [-0.2, -0.15) is 0 Å². The number of aliphatic imine (C=N–C) groups is 1. The van der Waals surface area contributed by atoms with Gasteiger partial charge in [0.2, 0.25) is 17.7 Å². The number of para-hydroxylation sites is 1. The van der Waals surface area contributed by atoms with Crippen LogP contribution in [-0.4, -0.2) is 77.0 Å². The Morgan fingerprint density at radius 1 is 0.907 bits per heavy atom. The van der Waals surface area contributed by atoms with Crippen LogP contribution in [0.4, 0.5) is 0 Å². The summed E-state index contributed by atoms with van der Waals surface area (Å²) >= 11 is 0. The van der Waals surface area contributed by atoms with Crippen LogP contribution in [0.15, 0.2) is 35.5 Å². The lowest BCUT2D eigenvalue weighted by molar-refractivity contribution is -0.142. The van der Waals surface area contributed by atoms with Crippen LogP contribution >= 0.6 is 0 Å². The largest absolute Gasteiger partial charge is 0.480 e. The number of H-pyrrole nitrogens is 1. The zero-order valence-electron chi connectivity index (χ0n) is 25.0. The van der Waals surface area contributed by atoms with Gasteiger partial charge in [0.25, 0.3) is 0 Å². The molecule has 14 heteroatoms. The molecule has 0 saturated carbocycles. The molecule has 0 aliphatic heterocycles. The molecule has 43 heavy (non-hydrogen) atoms. The van der Waals surface area contributed by atoms with E-state index in [0.717, 1.165) is 16.5 Å². The average Bonchev–Trinajstić information content (AvgIpc) is 3.36. The van der Waals surface area contributed by atoms with Crippen molar-refractivity contribution in [3.8, 4) is 0 Å². The van der Waals surface area contributed by atoms with Gasteiger partial charge in [0.05, 0.1) is 6.04 Å². The molecule has 0 saturated heterocycles. The van der Waals surface area contributed by atoms with Crippen LogP contribution in [0.1, 0.15) is 57.9 Å². The molecular formula is C29H47N9O5. The lowest BCUT2D eigenvalue weighted by atomic mass is 10.00. The predicted molar refractivity (Wildman–Crippen MR) is 166 cm³/mol. The van der Waals surface area contributed by atoms with Crippen molar-refractivity contribution >= 4 is 40.6 Å². The standard InChI is InChI=1S/C29H47N9O5/c1-17(2)14-23(37-25(39)20(31)9-7-13-34-29(32)33)26(40)38-24(15-18-16-35-21-10-4-3-8-19(18)21)27(41)36-22(28(42)43)11-5-6-12-30/h3-4,8,10,16-17,20,22-24,35H,5-7,9,11-15,30-31H2,1-2H3,(H,36,41)(H,37,39)(H,38,40)(H,42,43)(H4,32,33,34). The lowest BCUT2D eigenvalue weighted by Gasteiger charge is -2.26. The van der Waals surface area contributed by atoms with Gasteiger partial charge >= 0.3 is 5.97 Å². The first-order valence-corrected chi connectivity index (χ1v) is 14.6. The van der Waals surface area contributed by atoms with Crippen LogP contribution in [0.5, 0.6) is 0 Å². The number of hydrogen-bond donors (Lipinski definition) is 9. The van der Waals surface area contributed by atoms with Crippen molar-refractivity contribution in [1.82, 2.24) is 20.9 Å². The number of aromatic amines is 1. The van der Waals surface area contributed by atoms with Crippen LogP contribution in [0.3, 0.4) is 0 Å². The molecule has 238 valence electrons. The number of aromatic nitrogens is 1. The van der Waals surface area contributed by atoms with Gasteiger partial charge in [-0.25, -0.2) is 4.79 Å². The second kappa shape index (κ2) is 17.7. The molecule has 0 aliphatic carbocycles. The van der Waals surface area contributed by atoms with E-state index < -0.39 is 47.9 Å². The Hall–Kier alpha value is -4.17. The second-order valence-electron chi connectivity index (χ2n) is 11.1. The molecule has 0 bridgehead atoms. The van der Waals surface area contributed by atoms with E-state index in [1.165, 1.54) is 0 Å². The third-order valence-electron chi connectivity index (χ3n) is 6.94. The topological polar surface area (TPSA) is 257 Å². The Labute approximate surface area is 251 Å². The minimum absolute atomic E-state index is 0.0222. The maximum atomic E-state index is 13.6. The normalized spacial score (nSPS) is 14.0. The molecule has 2 rings (SSSR count). The summed E-state index contributed by atoms with van der Waals surface area (Å²) in [6, 6.07) is 3.37. The highest BCUT2D eigenvalue weighted by Crippen LogP contribution is 2.19. The number of rotatable bonds is 19. The van der Waals surface area contributed by atoms with Crippen molar-refractivity contribution in [3.05, 3.63) is 36.0 Å². The van der Waals surface area contributed by atoms with Gasteiger partial charge in [-0.3, -0.25) is 19.4 Å². The fourth-order valence-corrected chi connectivity index (χ4v) is 4.66. The van der Waals surface area contributed by atoms with Crippen LogP contribution < -0.4 is 38.9 Å². The number of hydrogen-bond acceptors (Lipinski definition) is 7. The summed E-state index contributed by atoms with van der Waals surface area (Å²) in [4.78, 5) is 58.9. The zero-order chi connectivity index (χ0) is 31.9. The number of amides is 3. The van der Waals surface area contributed by atoms with E-state index in [-0.39, 0.29) is 31.1 Å². The molecule has 0 spiro atoms. The molecule has 1 aromatic carbocycles. The van der Waals surface area contributed by atoms with Gasteiger partial charge in [-0.15, -0.1) is 0 Å². The number of unbranched alkanes of at least 4 members (excludes halogenated alkanes) is 1. The SMILES string of the molecule is CC(C)CC(NC(=O)C(N)CCCN=C(N)N)C(=O)NC(Cc1c[nH]c2ccccc12)C(=O)NC(CCCCN)C(=O)O. The number of nitrogens with zero attached hydrogens (tertiary/aromatic N) is 1. The molecule has 0 radical (unpaired) electrons. The van der Waals surface area contributed by atoms with Crippen molar-refractivity contribution in [2.45, 2.75) is 83.0 Å². The Balaban J connectivity index is 2.24. The lowest BCUT2D eigenvalue weighted by Crippen LogP contribution is -2.57. The highest BCUT2D eigenvalue weighted by atomic mass is 16.4. The summed E-state index contributed by atoms with van der Waals surface area (Å²) in [7, 11) is 0. The van der Waals surface area contributed by atoms with Gasteiger partial charge < -0.3 is 49.0 Å².